The highest BCUT2D eigenvalue weighted by Crippen LogP contribution is 2.42. The maximum atomic E-state index is 11.8. The van der Waals surface area contributed by atoms with Crippen molar-refractivity contribution in [3.63, 3.8) is 0 Å². The molecule has 9 heteroatoms. The maximum absolute atomic E-state index is 11.8. The van der Waals surface area contributed by atoms with Crippen molar-refractivity contribution in [1.82, 2.24) is 5.32 Å². The first-order valence-electron chi connectivity index (χ1n) is 7.25. The number of fused-ring (bicyclic) bond motifs is 2. The molecule has 0 saturated carbocycles. The summed E-state index contributed by atoms with van der Waals surface area (Å²) < 4.78 is 26.0. The van der Waals surface area contributed by atoms with E-state index < -0.39 is 36.2 Å². The molecular formula is C14H21NO8. The van der Waals surface area contributed by atoms with Gasteiger partial charge < -0.3 is 29.0 Å². The molecule has 2 aliphatic rings. The summed E-state index contributed by atoms with van der Waals surface area (Å²) in [5.41, 5.74) is 0. The number of esters is 2. The highest BCUT2D eigenvalue weighted by Gasteiger charge is 2.59. The van der Waals surface area contributed by atoms with Gasteiger partial charge in [0.25, 0.3) is 0 Å². The first-order valence-corrected chi connectivity index (χ1v) is 7.25. The van der Waals surface area contributed by atoms with Gasteiger partial charge in [-0.2, -0.15) is 0 Å². The predicted octanol–water partition coefficient (Wildman–Crippen LogP) is -1.36. The van der Waals surface area contributed by atoms with Crippen LogP contribution in [0.5, 0.6) is 0 Å². The van der Waals surface area contributed by atoms with Gasteiger partial charge in [0.05, 0.1) is 19.1 Å². The van der Waals surface area contributed by atoms with Crippen LogP contribution < -0.4 is 5.32 Å². The van der Waals surface area contributed by atoms with Crippen LogP contribution in [0.15, 0.2) is 0 Å². The van der Waals surface area contributed by atoms with Gasteiger partial charge in [-0.05, 0) is 6.42 Å². The zero-order chi connectivity index (χ0) is 17.0. The lowest BCUT2D eigenvalue weighted by Crippen LogP contribution is -2.48. The number of carbonyl (C=O) groups is 3. The summed E-state index contributed by atoms with van der Waals surface area (Å²) in [4.78, 5) is 34.6. The van der Waals surface area contributed by atoms with E-state index >= 15 is 0 Å². The average Bonchev–Trinajstić information content (AvgIpc) is 3.11. The Morgan fingerprint density at radius 3 is 2.52 bits per heavy atom. The van der Waals surface area contributed by atoms with Crippen LogP contribution in [0.4, 0.5) is 0 Å². The second kappa shape index (κ2) is 7.71. The molecule has 0 aliphatic carbocycles. The summed E-state index contributed by atoms with van der Waals surface area (Å²) in [5, 5.41) is 2.37. The van der Waals surface area contributed by atoms with Crippen LogP contribution in [-0.2, 0) is 38.1 Å². The van der Waals surface area contributed by atoms with Crippen LogP contribution in [0.25, 0.3) is 0 Å². The smallest absolute Gasteiger partial charge is 0.332 e. The minimum absolute atomic E-state index is 0.239. The fourth-order valence-electron chi connectivity index (χ4n) is 2.94. The zero-order valence-corrected chi connectivity index (χ0v) is 13.3. The molecule has 3 unspecified atom stereocenters. The Hall–Kier alpha value is -1.71. The third-order valence-electron chi connectivity index (χ3n) is 4.00. The van der Waals surface area contributed by atoms with Crippen LogP contribution >= 0.6 is 0 Å². The molecule has 0 aromatic carbocycles. The molecule has 1 amide bonds. The average molecular weight is 331 g/mol. The Balaban J connectivity index is 1.90. The Bertz CT molecular complexity index is 468. The summed E-state index contributed by atoms with van der Waals surface area (Å²) in [5.74, 6) is -1.88. The van der Waals surface area contributed by atoms with E-state index in [0.29, 0.717) is 6.42 Å². The first kappa shape index (κ1) is 17.6. The van der Waals surface area contributed by atoms with Crippen LogP contribution in [-0.4, -0.2) is 76.7 Å². The molecule has 2 rings (SSSR count). The molecule has 0 aromatic rings. The summed E-state index contributed by atoms with van der Waals surface area (Å²) in [6.45, 7) is -0.613. The van der Waals surface area contributed by atoms with Gasteiger partial charge in [-0.15, -0.1) is 0 Å². The molecule has 2 fully saturated rings. The lowest BCUT2D eigenvalue weighted by atomic mass is 9.85. The first-order chi connectivity index (χ1) is 11.0. The van der Waals surface area contributed by atoms with Crippen molar-refractivity contribution >= 4 is 17.8 Å². The highest BCUT2D eigenvalue weighted by molar-refractivity contribution is 5.77. The van der Waals surface area contributed by atoms with E-state index in [9.17, 15) is 14.4 Å². The number of methoxy groups -OCH3 is 2. The lowest BCUT2D eigenvalue weighted by molar-refractivity contribution is -0.168. The second-order valence-electron chi connectivity index (χ2n) is 5.33. The number of rotatable bonds is 7. The topological polar surface area (TPSA) is 109 Å². The Labute approximate surface area is 133 Å². The summed E-state index contributed by atoms with van der Waals surface area (Å²) in [7, 11) is 4.26. The van der Waals surface area contributed by atoms with Gasteiger partial charge in [-0.25, -0.2) is 4.79 Å². The second-order valence-corrected chi connectivity index (χ2v) is 5.33. The molecule has 1 N–H and O–H groups in total. The number of likely N-dealkylation sites (N-methyl/N-ethyl adjacent to an activating group) is 1. The molecule has 0 spiro atoms. The van der Waals surface area contributed by atoms with E-state index in [1.807, 2.05) is 0 Å². The predicted molar refractivity (Wildman–Crippen MR) is 74.3 cm³/mol. The Kier molecular flexibility index (Phi) is 5.91. The third-order valence-corrected chi connectivity index (χ3v) is 4.00. The summed E-state index contributed by atoms with van der Waals surface area (Å²) >= 11 is 0. The molecule has 5 atom stereocenters. The van der Waals surface area contributed by atoms with Gasteiger partial charge in [-0.3, -0.25) is 9.59 Å². The molecule has 130 valence electrons. The van der Waals surface area contributed by atoms with Gasteiger partial charge in [0.1, 0.15) is 25.4 Å². The zero-order valence-electron chi connectivity index (χ0n) is 13.3. The van der Waals surface area contributed by atoms with Gasteiger partial charge in [-0.1, -0.05) is 0 Å². The van der Waals surface area contributed by atoms with Gasteiger partial charge >= 0.3 is 11.9 Å². The van der Waals surface area contributed by atoms with Crippen molar-refractivity contribution in [3.8, 4) is 0 Å². The number of amides is 1. The SMILES string of the molecule is CNC(=O)COCC(=O)O[C@H]1C(OC)C2CC(C(=O)OC)[C@@H]1O2. The minimum atomic E-state index is -0.709. The molecular weight excluding hydrogens is 310 g/mol. The number of ether oxygens (including phenoxy) is 5. The minimum Gasteiger partial charge on any atom is -0.469 e. The van der Waals surface area contributed by atoms with Crippen molar-refractivity contribution in [2.24, 2.45) is 5.92 Å². The Morgan fingerprint density at radius 1 is 1.17 bits per heavy atom. The molecule has 0 aromatic heterocycles. The molecule has 2 saturated heterocycles. The Morgan fingerprint density at radius 2 is 1.91 bits per heavy atom. The third kappa shape index (κ3) is 3.80. The van der Waals surface area contributed by atoms with E-state index in [1.165, 1.54) is 21.3 Å². The summed E-state index contributed by atoms with van der Waals surface area (Å²) in [6, 6.07) is 0. The van der Waals surface area contributed by atoms with Crippen molar-refractivity contribution in [2.75, 3.05) is 34.5 Å². The number of nitrogens with one attached hydrogen (secondary N) is 1. The molecule has 0 radical (unpaired) electrons. The highest BCUT2D eigenvalue weighted by atomic mass is 16.6. The number of hydrogen-bond donors (Lipinski definition) is 1. The monoisotopic (exact) mass is 331 g/mol. The summed E-state index contributed by atoms with van der Waals surface area (Å²) in [6.07, 6.45) is -1.60. The van der Waals surface area contributed by atoms with Gasteiger partial charge in [0.2, 0.25) is 5.91 Å². The van der Waals surface area contributed by atoms with Crippen LogP contribution in [0.2, 0.25) is 0 Å². The normalized spacial score (nSPS) is 31.7. The molecule has 23 heavy (non-hydrogen) atoms. The molecule has 2 heterocycles. The fourth-order valence-corrected chi connectivity index (χ4v) is 2.94. The fraction of sp³-hybridized carbons (Fsp3) is 0.786. The number of carbonyl (C=O) groups excluding carboxylic acids is 3. The van der Waals surface area contributed by atoms with Crippen molar-refractivity contribution in [3.05, 3.63) is 0 Å². The van der Waals surface area contributed by atoms with E-state index in [1.54, 1.807) is 0 Å². The standard InChI is InChI=1S/C14H21NO8/c1-15-9(16)5-21-6-10(17)23-13-11-7(14(18)20-3)4-8(22-11)12(13)19-2/h7-8,11-13H,4-6H2,1-3H3,(H,15,16)/t7?,8?,11-,12?,13+/m0/s1. The van der Waals surface area contributed by atoms with Crippen LogP contribution in [0, 0.1) is 5.92 Å². The molecule has 2 bridgehead atoms. The quantitative estimate of drug-likeness (QED) is 0.570. The van der Waals surface area contributed by atoms with E-state index in [4.69, 9.17) is 23.7 Å². The largest absolute Gasteiger partial charge is 0.469 e. The van der Waals surface area contributed by atoms with E-state index in [2.05, 4.69) is 5.32 Å². The van der Waals surface area contributed by atoms with Crippen LogP contribution in [0.1, 0.15) is 6.42 Å². The molecule has 9 nitrogen and oxygen atoms in total. The van der Waals surface area contributed by atoms with Gasteiger partial charge in [0.15, 0.2) is 6.10 Å². The lowest BCUT2D eigenvalue weighted by Gasteiger charge is -2.30. The molecule has 2 aliphatic heterocycles. The maximum Gasteiger partial charge on any atom is 0.332 e. The van der Waals surface area contributed by atoms with Crippen LogP contribution in [0.3, 0.4) is 0 Å². The van der Waals surface area contributed by atoms with Crippen molar-refractivity contribution in [1.29, 1.82) is 0 Å². The number of hydrogen-bond acceptors (Lipinski definition) is 8. The van der Waals surface area contributed by atoms with Crippen molar-refractivity contribution < 1.29 is 38.1 Å². The van der Waals surface area contributed by atoms with Crippen molar-refractivity contribution in [2.45, 2.75) is 30.8 Å². The van der Waals surface area contributed by atoms with E-state index in [-0.39, 0.29) is 25.2 Å². The van der Waals surface area contributed by atoms with E-state index in [0.717, 1.165) is 0 Å². The van der Waals surface area contributed by atoms with Gasteiger partial charge in [0, 0.05) is 14.2 Å².